The summed E-state index contributed by atoms with van der Waals surface area (Å²) in [5.74, 6) is 2.46. The minimum Gasteiger partial charge on any atom is -0.486 e. The van der Waals surface area contributed by atoms with E-state index in [0.717, 1.165) is 41.4 Å². The molecule has 0 amide bonds. The van der Waals surface area contributed by atoms with Gasteiger partial charge < -0.3 is 14.8 Å². The summed E-state index contributed by atoms with van der Waals surface area (Å²) in [7, 11) is 0. The van der Waals surface area contributed by atoms with Crippen molar-refractivity contribution in [2.45, 2.75) is 33.1 Å². The van der Waals surface area contributed by atoms with E-state index in [-0.39, 0.29) is 0 Å². The summed E-state index contributed by atoms with van der Waals surface area (Å²) in [4.78, 5) is 0. The molecule has 112 valence electrons. The third-order valence-corrected chi connectivity index (χ3v) is 4.05. The third kappa shape index (κ3) is 4.67. The van der Waals surface area contributed by atoms with Gasteiger partial charge in [-0.3, -0.25) is 0 Å². The lowest BCUT2D eigenvalue weighted by Gasteiger charge is -2.20. The molecule has 1 aromatic rings. The number of aryl methyl sites for hydroxylation is 1. The van der Waals surface area contributed by atoms with E-state index >= 15 is 0 Å². The first-order valence-electron chi connectivity index (χ1n) is 7.45. The summed E-state index contributed by atoms with van der Waals surface area (Å²) in [5, 5.41) is 3.48. The largest absolute Gasteiger partial charge is 0.486 e. The molecule has 3 nitrogen and oxygen atoms in total. The highest BCUT2D eigenvalue weighted by Crippen LogP contribution is 2.36. The Morgan fingerprint density at radius 2 is 1.85 bits per heavy atom. The number of rotatable bonds is 7. The van der Waals surface area contributed by atoms with Crippen LogP contribution < -0.4 is 14.8 Å². The highest BCUT2D eigenvalue weighted by Gasteiger charge is 2.14. The Balaban J connectivity index is 1.78. The number of fused-ring (bicyclic) bond motifs is 1. The Bertz CT molecular complexity index is 435. The molecule has 0 saturated heterocycles. The van der Waals surface area contributed by atoms with Crippen LogP contribution in [0.3, 0.4) is 0 Å². The molecule has 1 aliphatic heterocycles. The van der Waals surface area contributed by atoms with E-state index in [9.17, 15) is 0 Å². The quantitative estimate of drug-likeness (QED) is 0.765. The molecule has 20 heavy (non-hydrogen) atoms. The minimum absolute atomic E-state index is 0.639. The molecule has 0 saturated carbocycles. The van der Waals surface area contributed by atoms with Gasteiger partial charge >= 0.3 is 0 Å². The summed E-state index contributed by atoms with van der Waals surface area (Å²) in [6.07, 6.45) is 3.46. The lowest BCUT2D eigenvalue weighted by molar-refractivity contribution is 0.171. The summed E-state index contributed by atoms with van der Waals surface area (Å²) < 4.78 is 12.3. The Morgan fingerprint density at radius 3 is 2.55 bits per heavy atom. The zero-order valence-corrected chi connectivity index (χ0v) is 14.0. The van der Waals surface area contributed by atoms with Crippen LogP contribution >= 0.6 is 15.9 Å². The first-order chi connectivity index (χ1) is 9.66. The maximum absolute atomic E-state index is 5.63. The number of hydrogen-bond donors (Lipinski definition) is 1. The van der Waals surface area contributed by atoms with Crippen LogP contribution in [-0.2, 0) is 6.42 Å². The zero-order chi connectivity index (χ0) is 14.4. The van der Waals surface area contributed by atoms with Crippen molar-refractivity contribution in [1.82, 2.24) is 5.32 Å². The van der Waals surface area contributed by atoms with Gasteiger partial charge in [-0.25, -0.2) is 0 Å². The fourth-order valence-corrected chi connectivity index (χ4v) is 2.77. The van der Waals surface area contributed by atoms with E-state index in [1.54, 1.807) is 0 Å². The lowest BCUT2D eigenvalue weighted by Crippen LogP contribution is -2.20. The van der Waals surface area contributed by atoms with Crippen LogP contribution in [0.15, 0.2) is 16.6 Å². The van der Waals surface area contributed by atoms with Gasteiger partial charge in [0.25, 0.3) is 0 Å². The van der Waals surface area contributed by atoms with E-state index in [2.05, 4.69) is 41.2 Å². The Hall–Kier alpha value is -0.740. The lowest BCUT2D eigenvalue weighted by atomic mass is 10.1. The van der Waals surface area contributed by atoms with Crippen LogP contribution in [-0.4, -0.2) is 26.3 Å². The molecule has 0 aromatic heterocycles. The van der Waals surface area contributed by atoms with Crippen LogP contribution in [0.1, 0.15) is 32.3 Å². The number of nitrogens with one attached hydrogen (secondary N) is 1. The van der Waals surface area contributed by atoms with Crippen molar-refractivity contribution in [3.05, 3.63) is 22.2 Å². The van der Waals surface area contributed by atoms with Crippen LogP contribution in [0.5, 0.6) is 11.5 Å². The van der Waals surface area contributed by atoms with Crippen LogP contribution in [0.25, 0.3) is 0 Å². The van der Waals surface area contributed by atoms with Crippen molar-refractivity contribution in [3.8, 4) is 11.5 Å². The maximum Gasteiger partial charge on any atom is 0.162 e. The number of benzene rings is 1. The predicted molar refractivity (Wildman–Crippen MR) is 85.8 cm³/mol. The first-order valence-corrected chi connectivity index (χ1v) is 8.25. The van der Waals surface area contributed by atoms with Crippen molar-refractivity contribution >= 4 is 15.9 Å². The molecule has 0 radical (unpaired) electrons. The first kappa shape index (κ1) is 15.6. The number of halogens is 1. The molecular weight excluding hydrogens is 318 g/mol. The van der Waals surface area contributed by atoms with E-state index in [1.165, 1.54) is 18.4 Å². The monoisotopic (exact) mass is 341 g/mol. The third-order valence-electron chi connectivity index (χ3n) is 3.31. The molecule has 1 N–H and O–H groups in total. The zero-order valence-electron chi connectivity index (χ0n) is 12.4. The van der Waals surface area contributed by atoms with Crippen molar-refractivity contribution in [2.24, 2.45) is 5.92 Å². The van der Waals surface area contributed by atoms with E-state index in [1.807, 2.05) is 6.07 Å². The molecule has 0 unspecified atom stereocenters. The average molecular weight is 342 g/mol. The Kier molecular flexibility index (Phi) is 6.17. The predicted octanol–water partition coefficient (Wildman–Crippen LogP) is 3.79. The topological polar surface area (TPSA) is 30.5 Å². The van der Waals surface area contributed by atoms with E-state index in [0.29, 0.717) is 13.2 Å². The summed E-state index contributed by atoms with van der Waals surface area (Å²) >= 11 is 3.63. The normalized spacial score (nSPS) is 13.8. The van der Waals surface area contributed by atoms with Gasteiger partial charge in [0.15, 0.2) is 11.5 Å². The average Bonchev–Trinajstić information content (AvgIpc) is 2.42. The van der Waals surface area contributed by atoms with Crippen molar-refractivity contribution in [2.75, 3.05) is 26.3 Å². The van der Waals surface area contributed by atoms with Crippen LogP contribution in [0, 0.1) is 5.92 Å². The smallest absolute Gasteiger partial charge is 0.162 e. The minimum atomic E-state index is 0.639. The molecule has 2 rings (SSSR count). The summed E-state index contributed by atoms with van der Waals surface area (Å²) in [6.45, 7) is 7.96. The SMILES string of the molecule is CC(C)CNCCCCc1cc2c(cc1Br)OCCO2. The van der Waals surface area contributed by atoms with Gasteiger partial charge in [-0.05, 0) is 56.0 Å². The van der Waals surface area contributed by atoms with E-state index in [4.69, 9.17) is 9.47 Å². The van der Waals surface area contributed by atoms with Gasteiger partial charge in [-0.1, -0.05) is 29.8 Å². The molecule has 0 fully saturated rings. The Labute approximate surface area is 130 Å². The molecule has 1 aliphatic rings. The second-order valence-electron chi connectivity index (χ2n) is 5.64. The number of hydrogen-bond acceptors (Lipinski definition) is 3. The van der Waals surface area contributed by atoms with Gasteiger partial charge in [-0.15, -0.1) is 0 Å². The molecule has 1 aromatic carbocycles. The standard InChI is InChI=1S/C16H24BrNO2/c1-12(2)11-18-6-4-3-5-13-9-15-16(10-14(13)17)20-8-7-19-15/h9-10,12,18H,3-8,11H2,1-2H3. The summed E-state index contributed by atoms with van der Waals surface area (Å²) in [5.41, 5.74) is 1.30. The molecule has 1 heterocycles. The van der Waals surface area contributed by atoms with E-state index < -0.39 is 0 Å². The molecule has 0 aliphatic carbocycles. The molecular formula is C16H24BrNO2. The number of unbranched alkanes of at least 4 members (excludes halogenated alkanes) is 1. The van der Waals surface area contributed by atoms with Crippen molar-refractivity contribution in [3.63, 3.8) is 0 Å². The van der Waals surface area contributed by atoms with Crippen LogP contribution in [0.2, 0.25) is 0 Å². The van der Waals surface area contributed by atoms with Crippen molar-refractivity contribution < 1.29 is 9.47 Å². The second-order valence-corrected chi connectivity index (χ2v) is 6.50. The van der Waals surface area contributed by atoms with Crippen LogP contribution in [0.4, 0.5) is 0 Å². The highest BCUT2D eigenvalue weighted by atomic mass is 79.9. The molecule has 0 atom stereocenters. The summed E-state index contributed by atoms with van der Waals surface area (Å²) in [6, 6.07) is 4.14. The van der Waals surface area contributed by atoms with Crippen molar-refractivity contribution in [1.29, 1.82) is 0 Å². The van der Waals surface area contributed by atoms with Gasteiger partial charge in [0, 0.05) is 4.47 Å². The molecule has 0 bridgehead atoms. The maximum atomic E-state index is 5.63. The second kappa shape index (κ2) is 7.89. The molecule has 0 spiro atoms. The Morgan fingerprint density at radius 1 is 1.15 bits per heavy atom. The van der Waals surface area contributed by atoms with Gasteiger partial charge in [0.1, 0.15) is 13.2 Å². The highest BCUT2D eigenvalue weighted by molar-refractivity contribution is 9.10. The fraction of sp³-hybridized carbons (Fsp3) is 0.625. The number of ether oxygens (including phenoxy) is 2. The van der Waals surface area contributed by atoms with Gasteiger partial charge in [0.2, 0.25) is 0 Å². The molecule has 4 heteroatoms. The van der Waals surface area contributed by atoms with Gasteiger partial charge in [-0.2, -0.15) is 0 Å². The fourth-order valence-electron chi connectivity index (χ4n) is 2.25. The van der Waals surface area contributed by atoms with Gasteiger partial charge in [0.05, 0.1) is 0 Å².